The number of carbonyl (C=O) groups is 2. The molecule has 5 heteroatoms. The molecule has 132 valence electrons. The van der Waals surface area contributed by atoms with Gasteiger partial charge in [0.25, 0.3) is 11.8 Å². The van der Waals surface area contributed by atoms with Gasteiger partial charge in [0.15, 0.2) is 0 Å². The largest absolute Gasteiger partial charge is 0.395 e. The number of hydrogen-bond donors (Lipinski definition) is 2. The molecule has 2 rings (SSSR count). The highest BCUT2D eigenvalue weighted by atomic mass is 16.3. The third-order valence-electron chi connectivity index (χ3n) is 3.87. The minimum atomic E-state index is -0.171. The van der Waals surface area contributed by atoms with Crippen LogP contribution >= 0.6 is 0 Å². The standard InChI is InChI=1S/C20H24N2O3/c1-15-5-3-7-17(13-15)19(24)21-9-10-22(11-12-23)20(25)18-8-4-6-16(2)14-18/h3-8,13-14,23H,9-12H2,1-2H3,(H,21,24). The SMILES string of the molecule is Cc1cccc(C(=O)NCCN(CCO)C(=O)c2cccc(C)c2)c1. The molecule has 5 nitrogen and oxygen atoms in total. The van der Waals surface area contributed by atoms with Crippen molar-refractivity contribution in [3.05, 3.63) is 70.8 Å². The van der Waals surface area contributed by atoms with E-state index in [4.69, 9.17) is 0 Å². The van der Waals surface area contributed by atoms with Crippen LogP contribution in [0.25, 0.3) is 0 Å². The quantitative estimate of drug-likeness (QED) is 0.811. The van der Waals surface area contributed by atoms with E-state index < -0.39 is 0 Å². The molecule has 0 aromatic heterocycles. The first kappa shape index (κ1) is 18.7. The fourth-order valence-electron chi connectivity index (χ4n) is 2.59. The van der Waals surface area contributed by atoms with Crippen LogP contribution in [0.5, 0.6) is 0 Å². The molecule has 0 atom stereocenters. The van der Waals surface area contributed by atoms with Gasteiger partial charge < -0.3 is 15.3 Å². The molecule has 0 aliphatic carbocycles. The Balaban J connectivity index is 1.95. The zero-order valence-corrected chi connectivity index (χ0v) is 14.7. The van der Waals surface area contributed by atoms with Gasteiger partial charge in [-0.25, -0.2) is 0 Å². The molecule has 0 aliphatic heterocycles. The third-order valence-corrected chi connectivity index (χ3v) is 3.87. The molecule has 0 spiro atoms. The van der Waals surface area contributed by atoms with Crippen LogP contribution in [0.1, 0.15) is 31.8 Å². The van der Waals surface area contributed by atoms with Gasteiger partial charge in [0.1, 0.15) is 0 Å². The Morgan fingerprint density at radius 1 is 0.960 bits per heavy atom. The van der Waals surface area contributed by atoms with E-state index in [1.807, 2.05) is 50.2 Å². The summed E-state index contributed by atoms with van der Waals surface area (Å²) >= 11 is 0. The van der Waals surface area contributed by atoms with E-state index in [-0.39, 0.29) is 25.0 Å². The lowest BCUT2D eigenvalue weighted by Gasteiger charge is -2.22. The minimum Gasteiger partial charge on any atom is -0.395 e. The average molecular weight is 340 g/mol. The van der Waals surface area contributed by atoms with Gasteiger partial charge in [-0.15, -0.1) is 0 Å². The van der Waals surface area contributed by atoms with E-state index >= 15 is 0 Å². The maximum absolute atomic E-state index is 12.6. The van der Waals surface area contributed by atoms with Gasteiger partial charge in [-0.3, -0.25) is 9.59 Å². The van der Waals surface area contributed by atoms with Crippen LogP contribution in [0.4, 0.5) is 0 Å². The maximum atomic E-state index is 12.6. The molecule has 0 radical (unpaired) electrons. The van der Waals surface area contributed by atoms with Crippen molar-refractivity contribution in [1.82, 2.24) is 10.2 Å². The van der Waals surface area contributed by atoms with Crippen molar-refractivity contribution in [3.8, 4) is 0 Å². The van der Waals surface area contributed by atoms with Crippen molar-refractivity contribution in [2.45, 2.75) is 13.8 Å². The Hall–Kier alpha value is -2.66. The number of rotatable bonds is 7. The van der Waals surface area contributed by atoms with Crippen LogP contribution in [-0.2, 0) is 0 Å². The summed E-state index contributed by atoms with van der Waals surface area (Å²) in [5.41, 5.74) is 3.20. The zero-order chi connectivity index (χ0) is 18.2. The summed E-state index contributed by atoms with van der Waals surface area (Å²) in [6.07, 6.45) is 0. The second kappa shape index (κ2) is 8.99. The maximum Gasteiger partial charge on any atom is 0.254 e. The van der Waals surface area contributed by atoms with E-state index in [0.29, 0.717) is 24.2 Å². The van der Waals surface area contributed by atoms with Crippen molar-refractivity contribution < 1.29 is 14.7 Å². The summed E-state index contributed by atoms with van der Waals surface area (Å²) in [4.78, 5) is 26.3. The summed E-state index contributed by atoms with van der Waals surface area (Å²) in [5, 5.41) is 12.0. The Morgan fingerprint density at radius 3 is 2.16 bits per heavy atom. The molecule has 0 unspecified atom stereocenters. The molecule has 0 saturated heterocycles. The molecular weight excluding hydrogens is 316 g/mol. The van der Waals surface area contributed by atoms with E-state index in [9.17, 15) is 14.7 Å². The van der Waals surface area contributed by atoms with Crippen LogP contribution < -0.4 is 5.32 Å². The molecule has 2 aromatic carbocycles. The number of amides is 2. The highest BCUT2D eigenvalue weighted by Gasteiger charge is 2.15. The Kier molecular flexibility index (Phi) is 6.71. The highest BCUT2D eigenvalue weighted by molar-refractivity contribution is 5.95. The van der Waals surface area contributed by atoms with Gasteiger partial charge in [-0.05, 0) is 38.1 Å². The smallest absolute Gasteiger partial charge is 0.254 e. The second-order valence-corrected chi connectivity index (χ2v) is 6.01. The number of nitrogens with one attached hydrogen (secondary N) is 1. The highest BCUT2D eigenvalue weighted by Crippen LogP contribution is 2.08. The molecule has 2 amide bonds. The number of aliphatic hydroxyl groups excluding tert-OH is 1. The summed E-state index contributed by atoms with van der Waals surface area (Å²) in [7, 11) is 0. The van der Waals surface area contributed by atoms with Gasteiger partial charge in [0.05, 0.1) is 6.61 Å². The van der Waals surface area contributed by atoms with Crippen molar-refractivity contribution in [1.29, 1.82) is 0 Å². The van der Waals surface area contributed by atoms with Crippen LogP contribution in [0.3, 0.4) is 0 Å². The van der Waals surface area contributed by atoms with Gasteiger partial charge in [0.2, 0.25) is 0 Å². The summed E-state index contributed by atoms with van der Waals surface area (Å²) < 4.78 is 0. The van der Waals surface area contributed by atoms with Gasteiger partial charge in [-0.2, -0.15) is 0 Å². The lowest BCUT2D eigenvalue weighted by Crippen LogP contribution is -2.40. The predicted octanol–water partition coefficient (Wildman–Crippen LogP) is 2.17. The molecule has 0 aliphatic rings. The Labute approximate surface area is 148 Å². The second-order valence-electron chi connectivity index (χ2n) is 6.01. The predicted molar refractivity (Wildman–Crippen MR) is 97.7 cm³/mol. The fourth-order valence-corrected chi connectivity index (χ4v) is 2.59. The lowest BCUT2D eigenvalue weighted by molar-refractivity contribution is 0.0716. The number of carbonyl (C=O) groups excluding carboxylic acids is 2. The number of benzene rings is 2. The Bertz CT molecular complexity index is 743. The summed E-state index contributed by atoms with van der Waals surface area (Å²) in [5.74, 6) is -0.321. The third kappa shape index (κ3) is 5.43. The monoisotopic (exact) mass is 340 g/mol. The molecule has 0 saturated carbocycles. The number of aryl methyl sites for hydroxylation is 2. The lowest BCUT2D eigenvalue weighted by atomic mass is 10.1. The van der Waals surface area contributed by atoms with Crippen LogP contribution in [0.2, 0.25) is 0 Å². The summed E-state index contributed by atoms with van der Waals surface area (Å²) in [6, 6.07) is 14.7. The average Bonchev–Trinajstić information content (AvgIpc) is 2.60. The van der Waals surface area contributed by atoms with Crippen molar-refractivity contribution in [2.75, 3.05) is 26.2 Å². The molecule has 2 aromatic rings. The van der Waals surface area contributed by atoms with Gasteiger partial charge in [-0.1, -0.05) is 35.4 Å². The number of aliphatic hydroxyl groups is 1. The first-order valence-corrected chi connectivity index (χ1v) is 8.33. The first-order valence-electron chi connectivity index (χ1n) is 8.33. The topological polar surface area (TPSA) is 69.6 Å². The van der Waals surface area contributed by atoms with E-state index in [0.717, 1.165) is 11.1 Å². The van der Waals surface area contributed by atoms with Crippen molar-refractivity contribution in [2.24, 2.45) is 0 Å². The summed E-state index contributed by atoms with van der Waals surface area (Å²) in [6.45, 7) is 4.63. The van der Waals surface area contributed by atoms with E-state index in [1.54, 1.807) is 17.0 Å². The zero-order valence-electron chi connectivity index (χ0n) is 14.7. The molecule has 0 heterocycles. The first-order chi connectivity index (χ1) is 12.0. The molecule has 0 bridgehead atoms. The number of hydrogen-bond acceptors (Lipinski definition) is 3. The number of nitrogens with zero attached hydrogens (tertiary/aromatic N) is 1. The van der Waals surface area contributed by atoms with Gasteiger partial charge in [0, 0.05) is 30.8 Å². The fraction of sp³-hybridized carbons (Fsp3) is 0.300. The molecule has 2 N–H and O–H groups in total. The molecule has 0 fully saturated rings. The van der Waals surface area contributed by atoms with Crippen LogP contribution in [0.15, 0.2) is 48.5 Å². The van der Waals surface area contributed by atoms with Gasteiger partial charge >= 0.3 is 0 Å². The Morgan fingerprint density at radius 2 is 1.56 bits per heavy atom. The molecule has 25 heavy (non-hydrogen) atoms. The van der Waals surface area contributed by atoms with E-state index in [2.05, 4.69) is 5.32 Å². The van der Waals surface area contributed by atoms with Crippen LogP contribution in [0, 0.1) is 13.8 Å². The van der Waals surface area contributed by atoms with E-state index in [1.165, 1.54) is 0 Å². The van der Waals surface area contributed by atoms with Crippen molar-refractivity contribution in [3.63, 3.8) is 0 Å². The van der Waals surface area contributed by atoms with Crippen molar-refractivity contribution >= 4 is 11.8 Å². The normalized spacial score (nSPS) is 10.4. The molecular formula is C20H24N2O3. The van der Waals surface area contributed by atoms with Crippen LogP contribution in [-0.4, -0.2) is 48.1 Å². The minimum absolute atomic E-state index is 0.122.